The molecule has 3 heterocycles. The van der Waals surface area contributed by atoms with Crippen molar-refractivity contribution in [1.82, 2.24) is 15.1 Å². The molecule has 2 aliphatic heterocycles. The van der Waals surface area contributed by atoms with Gasteiger partial charge in [0, 0.05) is 31.7 Å². The van der Waals surface area contributed by atoms with Crippen molar-refractivity contribution >= 4 is 11.7 Å². The van der Waals surface area contributed by atoms with Gasteiger partial charge in [0.1, 0.15) is 0 Å². The molecule has 4 rings (SSSR count). The molecule has 0 bridgehead atoms. The first-order valence-corrected chi connectivity index (χ1v) is 8.60. The maximum Gasteiger partial charge on any atom is 0.253 e. The Morgan fingerprint density at radius 3 is 2.54 bits per heavy atom. The van der Waals surface area contributed by atoms with Gasteiger partial charge >= 0.3 is 0 Å². The molecule has 2 saturated heterocycles. The van der Waals surface area contributed by atoms with Gasteiger partial charge in [-0.3, -0.25) is 4.79 Å². The Morgan fingerprint density at radius 2 is 1.79 bits per heavy atom. The highest BCUT2D eigenvalue weighted by atomic mass is 16.2. The number of aryl methyl sites for hydroxylation is 1. The molecule has 2 aliphatic rings. The number of benzene rings is 1. The van der Waals surface area contributed by atoms with Crippen molar-refractivity contribution < 1.29 is 4.79 Å². The van der Waals surface area contributed by atoms with Crippen LogP contribution in [0.4, 0.5) is 5.82 Å². The molecule has 2 atom stereocenters. The van der Waals surface area contributed by atoms with E-state index in [1.807, 2.05) is 54.3 Å². The standard InChI is InChI=1S/C19H22N4O/c1-14-7-8-18(21-20-14)22-10-9-16-11-23(13-17(16)12-22)19(24)15-5-3-2-4-6-15/h2-8,16-17H,9-13H2,1H3/t16-,17+/m0/s1. The maximum absolute atomic E-state index is 12.7. The first kappa shape index (κ1) is 15.1. The van der Waals surface area contributed by atoms with Crippen molar-refractivity contribution in [3.63, 3.8) is 0 Å². The summed E-state index contributed by atoms with van der Waals surface area (Å²) in [5.74, 6) is 2.24. The highest BCUT2D eigenvalue weighted by Gasteiger charge is 2.39. The number of amides is 1. The lowest BCUT2D eigenvalue weighted by molar-refractivity contribution is 0.0784. The van der Waals surface area contributed by atoms with Crippen LogP contribution in [-0.2, 0) is 0 Å². The third kappa shape index (κ3) is 2.86. The van der Waals surface area contributed by atoms with E-state index in [1.54, 1.807) is 0 Å². The Balaban J connectivity index is 1.44. The second kappa shape index (κ2) is 6.23. The molecule has 1 aromatic heterocycles. The lowest BCUT2D eigenvalue weighted by Gasteiger charge is -2.34. The van der Waals surface area contributed by atoms with Crippen LogP contribution in [0.1, 0.15) is 22.5 Å². The minimum absolute atomic E-state index is 0.159. The summed E-state index contributed by atoms with van der Waals surface area (Å²) in [6, 6.07) is 13.7. The second-order valence-electron chi connectivity index (χ2n) is 6.86. The Labute approximate surface area is 142 Å². The Hall–Kier alpha value is -2.43. The highest BCUT2D eigenvalue weighted by Crippen LogP contribution is 2.33. The number of hydrogen-bond donors (Lipinski definition) is 0. The third-order valence-corrected chi connectivity index (χ3v) is 5.22. The molecule has 24 heavy (non-hydrogen) atoms. The molecule has 0 unspecified atom stereocenters. The fourth-order valence-corrected chi connectivity index (χ4v) is 3.87. The smallest absolute Gasteiger partial charge is 0.253 e. The predicted molar refractivity (Wildman–Crippen MR) is 92.9 cm³/mol. The summed E-state index contributed by atoms with van der Waals surface area (Å²) < 4.78 is 0. The number of fused-ring (bicyclic) bond motifs is 1. The van der Waals surface area contributed by atoms with E-state index >= 15 is 0 Å². The van der Waals surface area contributed by atoms with E-state index < -0.39 is 0 Å². The van der Waals surface area contributed by atoms with E-state index in [9.17, 15) is 4.79 Å². The van der Waals surface area contributed by atoms with Gasteiger partial charge in [-0.25, -0.2) is 0 Å². The van der Waals surface area contributed by atoms with Gasteiger partial charge in [0.25, 0.3) is 5.91 Å². The zero-order valence-electron chi connectivity index (χ0n) is 13.9. The summed E-state index contributed by atoms with van der Waals surface area (Å²) in [4.78, 5) is 17.0. The minimum Gasteiger partial charge on any atom is -0.355 e. The van der Waals surface area contributed by atoms with Gasteiger partial charge in [-0.2, -0.15) is 5.10 Å². The lowest BCUT2D eigenvalue weighted by atomic mass is 9.89. The summed E-state index contributed by atoms with van der Waals surface area (Å²) >= 11 is 0. The first-order chi connectivity index (χ1) is 11.7. The molecule has 124 valence electrons. The molecule has 1 amide bonds. The summed E-state index contributed by atoms with van der Waals surface area (Å²) in [5, 5.41) is 8.48. The van der Waals surface area contributed by atoms with Crippen LogP contribution < -0.4 is 4.90 Å². The maximum atomic E-state index is 12.7. The number of likely N-dealkylation sites (tertiary alicyclic amines) is 1. The van der Waals surface area contributed by atoms with Crippen LogP contribution in [0.3, 0.4) is 0 Å². The fourth-order valence-electron chi connectivity index (χ4n) is 3.87. The molecule has 0 radical (unpaired) electrons. The molecule has 2 fully saturated rings. The molecular weight excluding hydrogens is 300 g/mol. The van der Waals surface area contributed by atoms with Crippen LogP contribution in [0.2, 0.25) is 0 Å². The number of hydrogen-bond acceptors (Lipinski definition) is 4. The van der Waals surface area contributed by atoms with E-state index in [-0.39, 0.29) is 5.91 Å². The number of carbonyl (C=O) groups excluding carboxylic acids is 1. The number of carbonyl (C=O) groups is 1. The van der Waals surface area contributed by atoms with Crippen LogP contribution in [0.25, 0.3) is 0 Å². The van der Waals surface area contributed by atoms with Crippen molar-refractivity contribution in [2.24, 2.45) is 11.8 Å². The van der Waals surface area contributed by atoms with E-state index in [0.717, 1.165) is 49.7 Å². The molecule has 0 aliphatic carbocycles. The molecule has 0 N–H and O–H groups in total. The minimum atomic E-state index is 0.159. The topological polar surface area (TPSA) is 49.3 Å². The van der Waals surface area contributed by atoms with Gasteiger partial charge in [0.05, 0.1) is 5.69 Å². The van der Waals surface area contributed by atoms with Crippen molar-refractivity contribution in [3.8, 4) is 0 Å². The van der Waals surface area contributed by atoms with Crippen LogP contribution in [0.15, 0.2) is 42.5 Å². The zero-order valence-corrected chi connectivity index (χ0v) is 13.9. The van der Waals surface area contributed by atoms with Gasteiger partial charge in [-0.1, -0.05) is 18.2 Å². The van der Waals surface area contributed by atoms with Gasteiger partial charge < -0.3 is 9.80 Å². The number of nitrogens with zero attached hydrogens (tertiary/aromatic N) is 4. The van der Waals surface area contributed by atoms with E-state index in [2.05, 4.69) is 15.1 Å². The second-order valence-corrected chi connectivity index (χ2v) is 6.86. The Bertz CT molecular complexity index is 716. The van der Waals surface area contributed by atoms with Gasteiger partial charge in [0.15, 0.2) is 5.82 Å². The number of piperidine rings is 1. The predicted octanol–water partition coefficient (Wildman–Crippen LogP) is 2.38. The summed E-state index contributed by atoms with van der Waals surface area (Å²) in [6.45, 7) is 5.63. The number of aromatic nitrogens is 2. The Morgan fingerprint density at radius 1 is 1.00 bits per heavy atom. The molecule has 0 spiro atoms. The summed E-state index contributed by atoms with van der Waals surface area (Å²) in [7, 11) is 0. The molecule has 0 saturated carbocycles. The van der Waals surface area contributed by atoms with E-state index in [0.29, 0.717) is 11.8 Å². The Kier molecular flexibility index (Phi) is 3.92. The fraction of sp³-hybridized carbons (Fsp3) is 0.421. The zero-order chi connectivity index (χ0) is 16.5. The number of anilines is 1. The van der Waals surface area contributed by atoms with Gasteiger partial charge in [0.2, 0.25) is 0 Å². The quantitative estimate of drug-likeness (QED) is 0.852. The van der Waals surface area contributed by atoms with E-state index in [1.165, 1.54) is 0 Å². The van der Waals surface area contributed by atoms with Crippen LogP contribution >= 0.6 is 0 Å². The highest BCUT2D eigenvalue weighted by molar-refractivity contribution is 5.94. The largest absolute Gasteiger partial charge is 0.355 e. The van der Waals surface area contributed by atoms with Crippen LogP contribution in [0, 0.1) is 18.8 Å². The van der Waals surface area contributed by atoms with Crippen molar-refractivity contribution in [3.05, 3.63) is 53.7 Å². The van der Waals surface area contributed by atoms with Crippen LogP contribution in [0.5, 0.6) is 0 Å². The molecular formula is C19H22N4O. The van der Waals surface area contributed by atoms with Crippen molar-refractivity contribution in [1.29, 1.82) is 0 Å². The molecule has 2 aromatic rings. The van der Waals surface area contributed by atoms with Gasteiger partial charge in [-0.15, -0.1) is 5.10 Å². The summed E-state index contributed by atoms with van der Waals surface area (Å²) in [5.41, 5.74) is 1.73. The van der Waals surface area contributed by atoms with Crippen molar-refractivity contribution in [2.75, 3.05) is 31.1 Å². The number of rotatable bonds is 2. The normalized spacial score (nSPS) is 23.2. The molecule has 1 aromatic carbocycles. The molecule has 5 heteroatoms. The monoisotopic (exact) mass is 322 g/mol. The molecule has 5 nitrogen and oxygen atoms in total. The average Bonchev–Trinajstić information content (AvgIpc) is 3.05. The van der Waals surface area contributed by atoms with Crippen molar-refractivity contribution in [2.45, 2.75) is 13.3 Å². The average molecular weight is 322 g/mol. The van der Waals surface area contributed by atoms with E-state index in [4.69, 9.17) is 0 Å². The third-order valence-electron chi connectivity index (χ3n) is 5.22. The lowest BCUT2D eigenvalue weighted by Crippen LogP contribution is -2.40. The SMILES string of the molecule is Cc1ccc(N2CC[C@H]3CN(C(=O)c4ccccc4)C[C@H]3C2)nn1. The van der Waals surface area contributed by atoms with Gasteiger partial charge in [-0.05, 0) is 49.4 Å². The summed E-state index contributed by atoms with van der Waals surface area (Å²) in [6.07, 6.45) is 1.11. The first-order valence-electron chi connectivity index (χ1n) is 8.60. The van der Waals surface area contributed by atoms with Crippen LogP contribution in [-0.4, -0.2) is 47.2 Å².